The van der Waals surface area contributed by atoms with Crippen molar-refractivity contribution in [1.82, 2.24) is 4.98 Å². The van der Waals surface area contributed by atoms with Crippen LogP contribution in [0.2, 0.25) is 0 Å². The Morgan fingerprint density at radius 3 is 2.52 bits per heavy atom. The fraction of sp³-hybridized carbons (Fsp3) is 0.588. The van der Waals surface area contributed by atoms with Crippen LogP contribution in [0.15, 0.2) is 23.0 Å². The Hall–Kier alpha value is -1.29. The molecule has 0 unspecified atom stereocenters. The molecule has 1 aromatic carbocycles. The predicted octanol–water partition coefficient (Wildman–Crippen LogP) is 5.11. The zero-order chi connectivity index (χ0) is 14.9. The number of nitrogens with one attached hydrogen (secondary N) is 1. The van der Waals surface area contributed by atoms with Gasteiger partial charge in [-0.2, -0.15) is 0 Å². The van der Waals surface area contributed by atoms with E-state index in [1.165, 1.54) is 56.3 Å². The molecule has 1 aromatic heterocycles. The summed E-state index contributed by atoms with van der Waals surface area (Å²) in [6, 6.07) is 5.81. The average molecular weight is 307 g/mol. The highest BCUT2D eigenvalue weighted by Gasteiger charge is 2.05. The van der Waals surface area contributed by atoms with Crippen LogP contribution >= 0.6 is 11.3 Å². The summed E-state index contributed by atoms with van der Waals surface area (Å²) >= 11 is 1.23. The first-order chi connectivity index (χ1) is 10.3. The van der Waals surface area contributed by atoms with Crippen LogP contribution in [0.1, 0.15) is 58.3 Å². The fourth-order valence-electron chi connectivity index (χ4n) is 2.49. The van der Waals surface area contributed by atoms with Gasteiger partial charge in [-0.25, -0.2) is 0 Å². The zero-order valence-electron chi connectivity index (χ0n) is 12.8. The lowest BCUT2D eigenvalue weighted by Crippen LogP contribution is -1.99. The van der Waals surface area contributed by atoms with Crippen molar-refractivity contribution < 1.29 is 4.74 Å². The molecule has 2 aromatic rings. The summed E-state index contributed by atoms with van der Waals surface area (Å²) in [4.78, 5) is 14.2. The first kappa shape index (κ1) is 16.1. The van der Waals surface area contributed by atoms with Crippen LogP contribution in [0, 0.1) is 0 Å². The summed E-state index contributed by atoms with van der Waals surface area (Å²) in [6.45, 7) is 2.98. The molecule has 0 amide bonds. The number of hydrogen-bond donors (Lipinski definition) is 1. The largest absolute Gasteiger partial charge is 0.491 e. The highest BCUT2D eigenvalue weighted by molar-refractivity contribution is 7.16. The van der Waals surface area contributed by atoms with E-state index < -0.39 is 0 Å². The molecule has 0 aliphatic heterocycles. The van der Waals surface area contributed by atoms with Gasteiger partial charge < -0.3 is 9.72 Å². The quantitative estimate of drug-likeness (QED) is 0.620. The molecule has 0 atom stereocenters. The molecule has 0 saturated carbocycles. The maximum atomic E-state index is 11.4. The number of rotatable bonds is 10. The third-order valence-corrected chi connectivity index (χ3v) is 4.52. The standard InChI is InChI=1S/C17H25NO2S/c1-2-3-4-5-6-7-8-9-13-20-14-11-10-12-15-16(14)18-17(19)21-15/h10-12H,2-9,13H2,1H3,(H,18,19). The van der Waals surface area contributed by atoms with E-state index in [9.17, 15) is 4.79 Å². The molecule has 116 valence electrons. The lowest BCUT2D eigenvalue weighted by Gasteiger charge is -2.07. The van der Waals surface area contributed by atoms with Crippen LogP contribution in [-0.4, -0.2) is 11.6 Å². The molecule has 0 saturated heterocycles. The van der Waals surface area contributed by atoms with Gasteiger partial charge in [0.05, 0.1) is 11.3 Å². The molecule has 1 heterocycles. The summed E-state index contributed by atoms with van der Waals surface area (Å²) < 4.78 is 6.78. The van der Waals surface area contributed by atoms with E-state index in [-0.39, 0.29) is 4.87 Å². The number of unbranched alkanes of at least 4 members (excludes halogenated alkanes) is 7. The summed E-state index contributed by atoms with van der Waals surface area (Å²) in [6.07, 6.45) is 10.4. The fourth-order valence-corrected chi connectivity index (χ4v) is 3.24. The van der Waals surface area contributed by atoms with Gasteiger partial charge in [0.1, 0.15) is 11.3 Å². The molecule has 0 fully saturated rings. The SMILES string of the molecule is CCCCCCCCCCOc1cccc2sc(=O)[nH]c12. The Morgan fingerprint density at radius 1 is 1.05 bits per heavy atom. The molecule has 2 rings (SSSR count). The first-order valence-corrected chi connectivity index (χ1v) is 8.87. The van der Waals surface area contributed by atoms with Gasteiger partial charge in [-0.3, -0.25) is 4.79 Å². The lowest BCUT2D eigenvalue weighted by molar-refractivity contribution is 0.307. The summed E-state index contributed by atoms with van der Waals surface area (Å²) in [5.41, 5.74) is 0.840. The van der Waals surface area contributed by atoms with Gasteiger partial charge in [0.2, 0.25) is 0 Å². The molecular formula is C17H25NO2S. The van der Waals surface area contributed by atoms with Crippen molar-refractivity contribution in [3.8, 4) is 5.75 Å². The number of hydrogen-bond acceptors (Lipinski definition) is 3. The maximum absolute atomic E-state index is 11.4. The van der Waals surface area contributed by atoms with Crippen molar-refractivity contribution in [2.75, 3.05) is 6.61 Å². The van der Waals surface area contributed by atoms with Crippen LogP contribution in [0.3, 0.4) is 0 Å². The Labute approximate surface area is 130 Å². The van der Waals surface area contributed by atoms with Crippen molar-refractivity contribution in [2.24, 2.45) is 0 Å². The Kier molecular flexibility index (Phi) is 6.80. The van der Waals surface area contributed by atoms with E-state index in [1.54, 1.807) is 0 Å². The predicted molar refractivity (Wildman–Crippen MR) is 90.6 cm³/mol. The molecule has 21 heavy (non-hydrogen) atoms. The number of benzene rings is 1. The topological polar surface area (TPSA) is 42.1 Å². The second-order valence-electron chi connectivity index (χ2n) is 5.47. The van der Waals surface area contributed by atoms with Gasteiger partial charge in [-0.05, 0) is 18.6 Å². The Morgan fingerprint density at radius 2 is 1.76 bits per heavy atom. The van der Waals surface area contributed by atoms with Crippen LogP contribution in [0.25, 0.3) is 10.2 Å². The molecular weight excluding hydrogens is 282 g/mol. The highest BCUT2D eigenvalue weighted by Crippen LogP contribution is 2.25. The molecule has 1 N–H and O–H groups in total. The molecule has 0 aliphatic carbocycles. The van der Waals surface area contributed by atoms with E-state index in [2.05, 4.69) is 11.9 Å². The minimum absolute atomic E-state index is 0.0203. The van der Waals surface area contributed by atoms with Gasteiger partial charge in [-0.15, -0.1) is 0 Å². The van der Waals surface area contributed by atoms with Gasteiger partial charge in [0.15, 0.2) is 0 Å². The van der Waals surface area contributed by atoms with Gasteiger partial charge >= 0.3 is 4.87 Å². The Balaban J connectivity index is 1.65. The summed E-state index contributed by atoms with van der Waals surface area (Å²) in [5, 5.41) is 0. The van der Waals surface area contributed by atoms with Crippen molar-refractivity contribution >= 4 is 21.6 Å². The zero-order valence-corrected chi connectivity index (χ0v) is 13.6. The van der Waals surface area contributed by atoms with Crippen LogP contribution < -0.4 is 9.61 Å². The molecule has 3 nitrogen and oxygen atoms in total. The van der Waals surface area contributed by atoms with Gasteiger partial charge in [0.25, 0.3) is 0 Å². The lowest BCUT2D eigenvalue weighted by atomic mass is 10.1. The number of aromatic nitrogens is 1. The second kappa shape index (κ2) is 8.88. The molecule has 0 radical (unpaired) electrons. The maximum Gasteiger partial charge on any atom is 0.305 e. The van der Waals surface area contributed by atoms with Crippen molar-refractivity contribution in [2.45, 2.75) is 58.3 Å². The van der Waals surface area contributed by atoms with E-state index >= 15 is 0 Å². The van der Waals surface area contributed by atoms with Crippen LogP contribution in [-0.2, 0) is 0 Å². The van der Waals surface area contributed by atoms with E-state index in [1.807, 2.05) is 18.2 Å². The van der Waals surface area contributed by atoms with Crippen molar-refractivity contribution in [3.05, 3.63) is 27.9 Å². The number of fused-ring (bicyclic) bond motifs is 1. The first-order valence-electron chi connectivity index (χ1n) is 8.06. The highest BCUT2D eigenvalue weighted by atomic mass is 32.1. The summed E-state index contributed by atoms with van der Waals surface area (Å²) in [5.74, 6) is 0.800. The molecule has 0 aliphatic rings. The minimum Gasteiger partial charge on any atom is -0.491 e. The number of para-hydroxylation sites is 1. The third kappa shape index (κ3) is 5.20. The van der Waals surface area contributed by atoms with Gasteiger partial charge in [0, 0.05) is 0 Å². The number of ether oxygens (including phenoxy) is 1. The minimum atomic E-state index is -0.0203. The summed E-state index contributed by atoms with van der Waals surface area (Å²) in [7, 11) is 0. The van der Waals surface area contributed by atoms with E-state index in [0.29, 0.717) is 0 Å². The van der Waals surface area contributed by atoms with Crippen LogP contribution in [0.4, 0.5) is 0 Å². The number of thiazole rings is 1. The van der Waals surface area contributed by atoms with E-state index in [0.717, 1.165) is 29.0 Å². The van der Waals surface area contributed by atoms with Crippen molar-refractivity contribution in [3.63, 3.8) is 0 Å². The second-order valence-corrected chi connectivity index (χ2v) is 6.48. The molecule has 0 bridgehead atoms. The average Bonchev–Trinajstić information content (AvgIpc) is 2.86. The number of H-pyrrole nitrogens is 1. The number of aromatic amines is 1. The normalized spacial score (nSPS) is 11.1. The monoisotopic (exact) mass is 307 g/mol. The smallest absolute Gasteiger partial charge is 0.305 e. The molecule has 0 spiro atoms. The van der Waals surface area contributed by atoms with E-state index in [4.69, 9.17) is 4.74 Å². The third-order valence-electron chi connectivity index (χ3n) is 3.67. The van der Waals surface area contributed by atoms with Gasteiger partial charge in [-0.1, -0.05) is 69.3 Å². The van der Waals surface area contributed by atoms with Crippen molar-refractivity contribution in [1.29, 1.82) is 0 Å². The Bertz CT molecular complexity index is 588. The van der Waals surface area contributed by atoms with Crippen LogP contribution in [0.5, 0.6) is 5.75 Å². The molecule has 4 heteroatoms.